The number of rotatable bonds is 4. The molecule has 0 amide bonds. The van der Waals surface area contributed by atoms with Crippen LogP contribution < -0.4 is 5.32 Å². The Morgan fingerprint density at radius 2 is 1.95 bits per heavy atom. The van der Waals surface area contributed by atoms with Gasteiger partial charge in [-0.1, -0.05) is 27.5 Å². The Morgan fingerprint density at radius 1 is 1.24 bits per heavy atom. The second kappa shape index (κ2) is 6.36. The van der Waals surface area contributed by atoms with Crippen molar-refractivity contribution in [1.29, 1.82) is 0 Å². The topological polar surface area (TPSA) is 55.2 Å². The van der Waals surface area contributed by atoms with Crippen molar-refractivity contribution >= 4 is 38.9 Å². The number of benzene rings is 2. The van der Waals surface area contributed by atoms with E-state index in [9.17, 15) is 18.9 Å². The summed E-state index contributed by atoms with van der Waals surface area (Å²) < 4.78 is 27.6. The summed E-state index contributed by atoms with van der Waals surface area (Å²) in [4.78, 5) is 9.76. The molecule has 0 aliphatic heterocycles. The average molecular weight is 378 g/mol. The first-order chi connectivity index (χ1) is 9.88. The maximum atomic E-state index is 13.6. The van der Waals surface area contributed by atoms with Crippen molar-refractivity contribution < 1.29 is 13.7 Å². The monoisotopic (exact) mass is 376 g/mol. The summed E-state index contributed by atoms with van der Waals surface area (Å²) in [5.74, 6) is -2.07. The molecule has 0 aromatic heterocycles. The van der Waals surface area contributed by atoms with Gasteiger partial charge in [0.25, 0.3) is 0 Å². The predicted octanol–water partition coefficient (Wildman–Crippen LogP) is 4.90. The summed E-state index contributed by atoms with van der Waals surface area (Å²) >= 11 is 9.23. The molecule has 2 aromatic carbocycles. The Hall–Kier alpha value is -1.73. The molecule has 0 saturated heterocycles. The molecule has 0 radical (unpaired) electrons. The summed E-state index contributed by atoms with van der Waals surface area (Å²) in [5.41, 5.74) is -0.273. The molecule has 0 heterocycles. The molecule has 0 aliphatic carbocycles. The Balaban J connectivity index is 2.25. The fourth-order valence-corrected chi connectivity index (χ4v) is 2.23. The number of halogens is 4. The molecular formula is C13H8BrClF2N2O2. The Kier molecular flexibility index (Phi) is 4.74. The van der Waals surface area contributed by atoms with Crippen LogP contribution in [0.1, 0.15) is 5.56 Å². The molecule has 0 fully saturated rings. The van der Waals surface area contributed by atoms with E-state index in [1.54, 1.807) is 18.2 Å². The van der Waals surface area contributed by atoms with Gasteiger partial charge in [0.2, 0.25) is 5.82 Å². The highest BCUT2D eigenvalue weighted by molar-refractivity contribution is 9.10. The maximum Gasteiger partial charge on any atom is 0.305 e. The molecule has 0 saturated carbocycles. The van der Waals surface area contributed by atoms with Crippen LogP contribution in [0.4, 0.5) is 20.2 Å². The number of nitro groups is 1. The van der Waals surface area contributed by atoms with E-state index in [0.717, 1.165) is 10.5 Å². The first kappa shape index (κ1) is 15.7. The normalized spacial score (nSPS) is 10.5. The average Bonchev–Trinajstić information content (AvgIpc) is 2.41. The van der Waals surface area contributed by atoms with E-state index in [-0.39, 0.29) is 12.1 Å². The van der Waals surface area contributed by atoms with Crippen molar-refractivity contribution in [3.05, 3.63) is 67.1 Å². The predicted molar refractivity (Wildman–Crippen MR) is 79.5 cm³/mol. The Labute approximate surface area is 132 Å². The van der Waals surface area contributed by atoms with Gasteiger partial charge in [0.1, 0.15) is 5.82 Å². The van der Waals surface area contributed by atoms with Crippen LogP contribution in [0, 0.1) is 21.7 Å². The highest BCUT2D eigenvalue weighted by Gasteiger charge is 2.18. The van der Waals surface area contributed by atoms with E-state index >= 15 is 0 Å². The molecule has 21 heavy (non-hydrogen) atoms. The minimum atomic E-state index is -1.21. The van der Waals surface area contributed by atoms with Gasteiger partial charge in [-0.25, -0.2) is 4.39 Å². The summed E-state index contributed by atoms with van der Waals surface area (Å²) in [7, 11) is 0. The van der Waals surface area contributed by atoms with E-state index < -0.39 is 22.2 Å². The first-order valence-electron chi connectivity index (χ1n) is 5.69. The van der Waals surface area contributed by atoms with E-state index in [1.807, 2.05) is 0 Å². The smallest absolute Gasteiger partial charge is 0.305 e. The van der Waals surface area contributed by atoms with Crippen LogP contribution in [-0.2, 0) is 6.54 Å². The van der Waals surface area contributed by atoms with Gasteiger partial charge in [0.15, 0.2) is 0 Å². The molecular weight excluding hydrogens is 370 g/mol. The Bertz CT molecular complexity index is 713. The van der Waals surface area contributed by atoms with E-state index in [2.05, 4.69) is 21.2 Å². The van der Waals surface area contributed by atoms with Gasteiger partial charge in [-0.05, 0) is 18.2 Å². The summed E-state index contributed by atoms with van der Waals surface area (Å²) in [6, 6.07) is 6.41. The van der Waals surface area contributed by atoms with Gasteiger partial charge in [-0.2, -0.15) is 4.39 Å². The summed E-state index contributed by atoms with van der Waals surface area (Å²) in [5, 5.41) is 13.9. The second-order valence-electron chi connectivity index (χ2n) is 4.13. The molecule has 2 aromatic rings. The maximum absolute atomic E-state index is 13.6. The summed E-state index contributed by atoms with van der Waals surface area (Å²) in [6.45, 7) is -0.0663. The van der Waals surface area contributed by atoms with Crippen molar-refractivity contribution in [2.75, 3.05) is 5.32 Å². The van der Waals surface area contributed by atoms with Crippen LogP contribution in [0.3, 0.4) is 0 Å². The molecule has 0 bridgehead atoms. The van der Waals surface area contributed by atoms with Gasteiger partial charge in [-0.15, -0.1) is 0 Å². The van der Waals surface area contributed by atoms with Gasteiger partial charge in [0.05, 0.1) is 15.6 Å². The lowest BCUT2D eigenvalue weighted by molar-refractivity contribution is -0.387. The van der Waals surface area contributed by atoms with Crippen molar-refractivity contribution in [2.45, 2.75) is 6.54 Å². The largest absolute Gasteiger partial charge is 0.380 e. The van der Waals surface area contributed by atoms with Crippen LogP contribution in [0.2, 0.25) is 5.02 Å². The van der Waals surface area contributed by atoms with Crippen LogP contribution in [0.15, 0.2) is 34.8 Å². The van der Waals surface area contributed by atoms with Crippen LogP contribution in [-0.4, -0.2) is 4.92 Å². The molecule has 4 nitrogen and oxygen atoms in total. The van der Waals surface area contributed by atoms with E-state index in [1.165, 1.54) is 0 Å². The fourth-order valence-electron chi connectivity index (χ4n) is 1.68. The van der Waals surface area contributed by atoms with E-state index in [4.69, 9.17) is 11.6 Å². The van der Waals surface area contributed by atoms with Gasteiger partial charge < -0.3 is 5.32 Å². The molecule has 0 aliphatic rings. The van der Waals surface area contributed by atoms with E-state index in [0.29, 0.717) is 16.8 Å². The minimum absolute atomic E-state index is 0.0286. The Morgan fingerprint density at radius 3 is 2.62 bits per heavy atom. The first-order valence-corrected chi connectivity index (χ1v) is 6.87. The van der Waals surface area contributed by atoms with Crippen LogP contribution in [0.5, 0.6) is 0 Å². The lowest BCUT2D eigenvalue weighted by Gasteiger charge is -2.10. The third kappa shape index (κ3) is 3.68. The van der Waals surface area contributed by atoms with Gasteiger partial charge >= 0.3 is 5.69 Å². The SMILES string of the molecule is O=[N+]([O-])c1cc(CNc2cc(Br)ccc2Cl)c(F)cc1F. The standard InChI is InChI=1S/C13H8BrClF2N2O2/c14-8-1-2-9(15)12(4-8)18-6-7-3-13(19(20)21)11(17)5-10(7)16/h1-5,18H,6H2. The second-order valence-corrected chi connectivity index (χ2v) is 5.45. The summed E-state index contributed by atoms with van der Waals surface area (Å²) in [6.07, 6.45) is 0. The quantitative estimate of drug-likeness (QED) is 0.609. The highest BCUT2D eigenvalue weighted by atomic mass is 79.9. The zero-order valence-electron chi connectivity index (χ0n) is 10.4. The van der Waals surface area contributed by atoms with Crippen molar-refractivity contribution in [2.24, 2.45) is 0 Å². The third-order valence-corrected chi connectivity index (χ3v) is 3.53. The fraction of sp³-hybridized carbons (Fsp3) is 0.0769. The van der Waals surface area contributed by atoms with Gasteiger partial charge in [0, 0.05) is 28.7 Å². The molecule has 1 N–H and O–H groups in total. The van der Waals surface area contributed by atoms with Crippen molar-refractivity contribution in [3.8, 4) is 0 Å². The highest BCUT2D eigenvalue weighted by Crippen LogP contribution is 2.27. The van der Waals surface area contributed by atoms with Gasteiger partial charge in [-0.3, -0.25) is 10.1 Å². The number of nitro benzene ring substituents is 1. The number of anilines is 1. The molecule has 110 valence electrons. The molecule has 0 unspecified atom stereocenters. The number of nitrogens with one attached hydrogen (secondary N) is 1. The molecule has 8 heteroatoms. The molecule has 2 rings (SSSR count). The lowest BCUT2D eigenvalue weighted by Crippen LogP contribution is -2.05. The lowest BCUT2D eigenvalue weighted by atomic mass is 10.1. The number of nitrogens with zero attached hydrogens (tertiary/aromatic N) is 1. The van der Waals surface area contributed by atoms with Crippen molar-refractivity contribution in [3.63, 3.8) is 0 Å². The molecule has 0 spiro atoms. The zero-order chi connectivity index (χ0) is 15.6. The van der Waals surface area contributed by atoms with Crippen molar-refractivity contribution in [1.82, 2.24) is 0 Å². The minimum Gasteiger partial charge on any atom is -0.380 e. The molecule has 0 atom stereocenters. The third-order valence-electron chi connectivity index (χ3n) is 2.71. The zero-order valence-corrected chi connectivity index (χ0v) is 12.7. The van der Waals surface area contributed by atoms with Crippen LogP contribution in [0.25, 0.3) is 0 Å². The van der Waals surface area contributed by atoms with Crippen LogP contribution >= 0.6 is 27.5 Å². The number of hydrogen-bond donors (Lipinski definition) is 1. The number of hydrogen-bond acceptors (Lipinski definition) is 3.